The van der Waals surface area contributed by atoms with Crippen LogP contribution in [0, 0.1) is 0 Å². The molecule has 8 heteroatoms. The van der Waals surface area contributed by atoms with Gasteiger partial charge in [-0.25, -0.2) is 4.79 Å². The molecule has 0 fully saturated rings. The van der Waals surface area contributed by atoms with E-state index in [1.165, 1.54) is 4.90 Å². The molecule has 3 rings (SSSR count). The third-order valence-corrected chi connectivity index (χ3v) is 4.24. The van der Waals surface area contributed by atoms with E-state index in [4.69, 9.17) is 4.74 Å². The average molecular weight is 393 g/mol. The lowest BCUT2D eigenvalue weighted by atomic mass is 10.1. The molecule has 0 saturated carbocycles. The van der Waals surface area contributed by atoms with Crippen molar-refractivity contribution in [1.29, 1.82) is 0 Å². The van der Waals surface area contributed by atoms with Crippen molar-refractivity contribution in [3.8, 4) is 0 Å². The van der Waals surface area contributed by atoms with Crippen LogP contribution in [0.15, 0.2) is 61.2 Å². The van der Waals surface area contributed by atoms with E-state index in [1.807, 2.05) is 30.3 Å². The number of fused-ring (bicyclic) bond motifs is 1. The lowest BCUT2D eigenvalue weighted by molar-refractivity contribution is -0.148. The van der Waals surface area contributed by atoms with Crippen molar-refractivity contribution in [2.24, 2.45) is 0 Å². The summed E-state index contributed by atoms with van der Waals surface area (Å²) in [4.78, 5) is 49.0. The molecule has 0 unspecified atom stereocenters. The van der Waals surface area contributed by atoms with Crippen LogP contribution < -0.4 is 10.6 Å². The summed E-state index contributed by atoms with van der Waals surface area (Å²) in [6.45, 7) is 3.06. The number of hydrogen-bond donors (Lipinski definition) is 2. The maximum absolute atomic E-state index is 12.3. The topological polar surface area (TPSA) is 105 Å². The molecule has 1 heterocycles. The summed E-state index contributed by atoms with van der Waals surface area (Å²) in [6.07, 6.45) is 0. The van der Waals surface area contributed by atoms with Crippen molar-refractivity contribution < 1.29 is 23.9 Å². The molecule has 0 aromatic heterocycles. The standard InChI is InChI=1S/C21H19N3O5/c1-14-16-9-5-6-10-17(16)20(27)24(14)12-19(26)29-13-18(25)23-21(28)22-11-15-7-3-2-4-8-15/h2-10H,1,11-13H2,(H2,22,23,25,28). The Bertz CT molecular complexity index is 936. The number of benzene rings is 2. The van der Waals surface area contributed by atoms with Crippen LogP contribution in [0.5, 0.6) is 0 Å². The van der Waals surface area contributed by atoms with Crippen LogP contribution >= 0.6 is 0 Å². The first kappa shape index (κ1) is 19.8. The Morgan fingerprint density at radius 1 is 0.966 bits per heavy atom. The molecule has 0 aliphatic carbocycles. The van der Waals surface area contributed by atoms with Gasteiger partial charge in [0.05, 0.1) is 0 Å². The molecular weight excluding hydrogens is 374 g/mol. The van der Waals surface area contributed by atoms with Crippen LogP contribution in [0.25, 0.3) is 5.70 Å². The van der Waals surface area contributed by atoms with E-state index in [0.29, 0.717) is 16.8 Å². The van der Waals surface area contributed by atoms with Gasteiger partial charge in [-0.3, -0.25) is 24.6 Å². The minimum atomic E-state index is -0.785. The summed E-state index contributed by atoms with van der Waals surface area (Å²) in [5.74, 6) is -1.92. The number of carbonyl (C=O) groups is 4. The third kappa shape index (κ3) is 4.86. The minimum absolute atomic E-state index is 0.249. The Morgan fingerprint density at radius 3 is 2.31 bits per heavy atom. The first-order valence-electron chi connectivity index (χ1n) is 8.83. The van der Waals surface area contributed by atoms with Gasteiger partial charge in [-0.05, 0) is 11.6 Å². The van der Waals surface area contributed by atoms with Crippen LogP contribution in [0.1, 0.15) is 21.5 Å². The van der Waals surface area contributed by atoms with Crippen molar-refractivity contribution in [2.75, 3.05) is 13.2 Å². The summed E-state index contributed by atoms with van der Waals surface area (Å²) in [6, 6.07) is 15.4. The number of imide groups is 1. The van der Waals surface area contributed by atoms with Crippen LogP contribution in [0.3, 0.4) is 0 Å². The predicted octanol–water partition coefficient (Wildman–Crippen LogP) is 1.68. The van der Waals surface area contributed by atoms with Gasteiger partial charge >= 0.3 is 12.0 Å². The van der Waals surface area contributed by atoms with Gasteiger partial charge in [0.25, 0.3) is 11.8 Å². The number of carbonyl (C=O) groups excluding carboxylic acids is 4. The van der Waals surface area contributed by atoms with Crippen molar-refractivity contribution >= 4 is 29.5 Å². The Morgan fingerprint density at radius 2 is 1.62 bits per heavy atom. The lowest BCUT2D eigenvalue weighted by Gasteiger charge is -2.16. The molecule has 2 aromatic carbocycles. The Labute approximate surface area is 167 Å². The molecule has 4 amide bonds. The van der Waals surface area contributed by atoms with Crippen LogP contribution in [-0.4, -0.2) is 41.9 Å². The van der Waals surface area contributed by atoms with Gasteiger partial charge in [-0.15, -0.1) is 0 Å². The number of hydrogen-bond acceptors (Lipinski definition) is 5. The lowest BCUT2D eigenvalue weighted by Crippen LogP contribution is -2.41. The number of ether oxygens (including phenoxy) is 1. The fraction of sp³-hybridized carbons (Fsp3) is 0.143. The Hall–Kier alpha value is -3.94. The van der Waals surface area contributed by atoms with E-state index in [0.717, 1.165) is 5.56 Å². The smallest absolute Gasteiger partial charge is 0.326 e. The number of urea groups is 1. The molecule has 0 atom stereocenters. The summed E-state index contributed by atoms with van der Waals surface area (Å²) in [5, 5.41) is 4.59. The van der Waals surface area contributed by atoms with Crippen molar-refractivity contribution in [1.82, 2.24) is 15.5 Å². The highest BCUT2D eigenvalue weighted by Crippen LogP contribution is 2.30. The second-order valence-electron chi connectivity index (χ2n) is 6.26. The maximum atomic E-state index is 12.3. The summed E-state index contributed by atoms with van der Waals surface area (Å²) in [7, 11) is 0. The molecular formula is C21H19N3O5. The van der Waals surface area contributed by atoms with Crippen molar-refractivity contribution in [3.63, 3.8) is 0 Å². The summed E-state index contributed by atoms with van der Waals surface area (Å²) < 4.78 is 4.86. The SMILES string of the molecule is C=C1c2ccccc2C(=O)N1CC(=O)OCC(=O)NC(=O)NCc1ccccc1. The number of nitrogens with one attached hydrogen (secondary N) is 2. The zero-order valence-electron chi connectivity index (χ0n) is 15.5. The molecule has 2 aromatic rings. The van der Waals surface area contributed by atoms with E-state index in [1.54, 1.807) is 24.3 Å². The molecule has 0 spiro atoms. The fourth-order valence-electron chi connectivity index (χ4n) is 2.81. The van der Waals surface area contributed by atoms with Crippen LogP contribution in [0.2, 0.25) is 0 Å². The highest BCUT2D eigenvalue weighted by Gasteiger charge is 2.32. The fourth-order valence-corrected chi connectivity index (χ4v) is 2.81. The molecule has 1 aliphatic rings. The zero-order chi connectivity index (χ0) is 20.8. The first-order chi connectivity index (χ1) is 14.0. The van der Waals surface area contributed by atoms with Gasteiger partial charge in [0.2, 0.25) is 0 Å². The van der Waals surface area contributed by atoms with E-state index in [-0.39, 0.29) is 19.0 Å². The second kappa shape index (κ2) is 8.83. The number of rotatable bonds is 6. The Kier molecular flexibility index (Phi) is 6.03. The number of amides is 4. The van der Waals surface area contributed by atoms with E-state index in [9.17, 15) is 19.2 Å². The second-order valence-corrected chi connectivity index (χ2v) is 6.26. The monoisotopic (exact) mass is 393 g/mol. The summed E-state index contributed by atoms with van der Waals surface area (Å²) >= 11 is 0. The maximum Gasteiger partial charge on any atom is 0.326 e. The van der Waals surface area contributed by atoms with E-state index >= 15 is 0 Å². The van der Waals surface area contributed by atoms with Crippen molar-refractivity contribution in [2.45, 2.75) is 6.54 Å². The molecule has 29 heavy (non-hydrogen) atoms. The molecule has 1 aliphatic heterocycles. The molecule has 8 nitrogen and oxygen atoms in total. The van der Waals surface area contributed by atoms with Crippen LogP contribution in [-0.2, 0) is 20.9 Å². The largest absolute Gasteiger partial charge is 0.454 e. The highest BCUT2D eigenvalue weighted by molar-refractivity contribution is 6.10. The van der Waals surface area contributed by atoms with Gasteiger partial charge < -0.3 is 10.1 Å². The minimum Gasteiger partial charge on any atom is -0.454 e. The van der Waals surface area contributed by atoms with E-state index in [2.05, 4.69) is 17.2 Å². The molecule has 148 valence electrons. The summed E-state index contributed by atoms with van der Waals surface area (Å²) in [5.41, 5.74) is 2.38. The Balaban J connectivity index is 1.41. The predicted molar refractivity (Wildman–Crippen MR) is 104 cm³/mol. The van der Waals surface area contributed by atoms with Crippen molar-refractivity contribution in [3.05, 3.63) is 77.9 Å². The third-order valence-electron chi connectivity index (χ3n) is 4.24. The molecule has 0 bridgehead atoms. The number of nitrogens with zero attached hydrogens (tertiary/aromatic N) is 1. The molecule has 0 saturated heterocycles. The van der Waals surface area contributed by atoms with Gasteiger partial charge in [0.15, 0.2) is 6.61 Å². The normalized spacial score (nSPS) is 12.3. The zero-order valence-corrected chi connectivity index (χ0v) is 15.5. The van der Waals surface area contributed by atoms with Gasteiger partial charge in [0.1, 0.15) is 6.54 Å². The highest BCUT2D eigenvalue weighted by atomic mass is 16.5. The number of esters is 1. The molecule has 0 radical (unpaired) electrons. The van der Waals surface area contributed by atoms with Gasteiger partial charge in [0, 0.05) is 23.4 Å². The quantitative estimate of drug-likeness (QED) is 0.727. The molecule has 2 N–H and O–H groups in total. The van der Waals surface area contributed by atoms with Gasteiger partial charge in [-0.2, -0.15) is 0 Å². The van der Waals surface area contributed by atoms with E-state index < -0.39 is 24.5 Å². The first-order valence-corrected chi connectivity index (χ1v) is 8.83. The van der Waals surface area contributed by atoms with Gasteiger partial charge in [-0.1, -0.05) is 55.1 Å². The van der Waals surface area contributed by atoms with Crippen LogP contribution in [0.4, 0.5) is 4.79 Å². The average Bonchev–Trinajstić information content (AvgIpc) is 2.97.